The number of thiazole rings is 1. The molecule has 0 saturated carbocycles. The molecule has 3 aromatic rings. The smallest absolute Gasteiger partial charge is 0.405 e. The molecule has 14 nitrogen and oxygen atoms in total. The molecule has 15 heteroatoms. The summed E-state index contributed by atoms with van der Waals surface area (Å²) in [5, 5.41) is 31.5. The number of urea groups is 1. The lowest BCUT2D eigenvalue weighted by atomic mass is 9.86. The number of methoxy groups -OCH3 is 1. The van der Waals surface area contributed by atoms with E-state index in [2.05, 4.69) is 29.9 Å². The van der Waals surface area contributed by atoms with Crippen LogP contribution >= 0.6 is 11.3 Å². The molecule has 0 bridgehead atoms. The zero-order valence-electron chi connectivity index (χ0n) is 33.8. The van der Waals surface area contributed by atoms with E-state index in [0.29, 0.717) is 31.8 Å². The highest BCUT2D eigenvalue weighted by molar-refractivity contribution is 7.09. The van der Waals surface area contributed by atoms with Gasteiger partial charge < -0.3 is 35.4 Å². The molecule has 2 aromatic carbocycles. The second-order valence-electron chi connectivity index (χ2n) is 15.9. The largest absolute Gasteiger partial charge is 0.497 e. The van der Waals surface area contributed by atoms with Crippen molar-refractivity contribution in [2.24, 2.45) is 11.3 Å². The number of amides is 5. The molecular formula is C41H59N7O7S. The van der Waals surface area contributed by atoms with Gasteiger partial charge in [-0.15, -0.1) is 11.3 Å². The molecule has 0 radical (unpaired) electrons. The first-order valence-corrected chi connectivity index (χ1v) is 20.1. The number of carbonyl (C=O) groups excluding carboxylic acids is 3. The van der Waals surface area contributed by atoms with Gasteiger partial charge in [0, 0.05) is 37.5 Å². The van der Waals surface area contributed by atoms with E-state index in [0.717, 1.165) is 21.8 Å². The Hall–Kier alpha value is -4.73. The van der Waals surface area contributed by atoms with Crippen molar-refractivity contribution < 1.29 is 34.1 Å². The van der Waals surface area contributed by atoms with Crippen molar-refractivity contribution in [3.05, 3.63) is 81.8 Å². The number of hydrazine groups is 1. The van der Waals surface area contributed by atoms with Crippen LogP contribution in [0.2, 0.25) is 0 Å². The summed E-state index contributed by atoms with van der Waals surface area (Å²) in [6.07, 6.45) is -1.66. The summed E-state index contributed by atoms with van der Waals surface area (Å²) in [4.78, 5) is 61.8. The first-order chi connectivity index (χ1) is 26.5. The quantitative estimate of drug-likeness (QED) is 0.102. The number of carboxylic acid groups (broad SMARTS) is 1. The van der Waals surface area contributed by atoms with Crippen LogP contribution in [0.5, 0.6) is 5.75 Å². The fraction of sp³-hybridized carbons (Fsp3) is 0.537. The SMILES string of the molecule is CC[C@H](C)[C@@H](C(=O)N[C@@H](Cc1ccccc1)[C@@H](O)CN(Cc1ccc(OC)cc1)NC(=O)[C@@H](NC(=O)O)C(C)(C)C)N1CCN(Cc2csc(C(C)C)n2)C1=O. The maximum absolute atomic E-state index is 14.4. The molecule has 1 aliphatic heterocycles. The van der Waals surface area contributed by atoms with Crippen molar-refractivity contribution >= 4 is 35.3 Å². The van der Waals surface area contributed by atoms with Crippen molar-refractivity contribution in [2.75, 3.05) is 26.7 Å². The van der Waals surface area contributed by atoms with Gasteiger partial charge in [0.25, 0.3) is 5.91 Å². The van der Waals surface area contributed by atoms with Gasteiger partial charge in [-0.05, 0) is 41.0 Å². The van der Waals surface area contributed by atoms with Crippen LogP contribution in [0, 0.1) is 11.3 Å². The molecule has 1 aromatic heterocycles. The van der Waals surface area contributed by atoms with Crippen LogP contribution in [0.3, 0.4) is 0 Å². The molecule has 0 spiro atoms. The highest BCUT2D eigenvalue weighted by Gasteiger charge is 2.41. The molecular weight excluding hydrogens is 735 g/mol. The molecule has 2 heterocycles. The Morgan fingerprint density at radius 1 is 0.982 bits per heavy atom. The van der Waals surface area contributed by atoms with E-state index in [9.17, 15) is 29.4 Å². The van der Waals surface area contributed by atoms with Crippen molar-refractivity contribution in [1.29, 1.82) is 0 Å². The Kier molecular flexibility index (Phi) is 15.6. The number of ether oxygens (including phenoxy) is 1. The maximum atomic E-state index is 14.4. The lowest BCUT2D eigenvalue weighted by Crippen LogP contribution is -2.60. The van der Waals surface area contributed by atoms with Gasteiger partial charge in [-0.2, -0.15) is 0 Å². The van der Waals surface area contributed by atoms with Gasteiger partial charge in [-0.25, -0.2) is 19.6 Å². The zero-order chi connectivity index (χ0) is 41.2. The van der Waals surface area contributed by atoms with Gasteiger partial charge >= 0.3 is 12.1 Å². The van der Waals surface area contributed by atoms with E-state index < -0.39 is 41.6 Å². The number of nitrogens with zero attached hydrogens (tertiary/aromatic N) is 4. The zero-order valence-corrected chi connectivity index (χ0v) is 34.6. The summed E-state index contributed by atoms with van der Waals surface area (Å²) in [6.45, 7) is 14.5. The van der Waals surface area contributed by atoms with Gasteiger partial charge in [0.15, 0.2) is 0 Å². The first kappa shape index (κ1) is 44.0. The van der Waals surface area contributed by atoms with E-state index in [-0.39, 0.29) is 43.3 Å². The number of carbonyl (C=O) groups is 4. The molecule has 5 amide bonds. The lowest BCUT2D eigenvalue weighted by Gasteiger charge is -2.36. The van der Waals surface area contributed by atoms with E-state index >= 15 is 0 Å². The first-order valence-electron chi connectivity index (χ1n) is 19.2. The fourth-order valence-electron chi connectivity index (χ4n) is 6.69. The number of hydrogen-bond acceptors (Lipinski definition) is 9. The number of aliphatic hydroxyl groups is 1. The monoisotopic (exact) mass is 793 g/mol. The number of nitrogens with one attached hydrogen (secondary N) is 3. The standard InChI is InChI=1S/C41H59N7O7S/c1-9-27(4)34(48-20-19-46(40(48)54)23-30-25-56-38(42-30)26(2)3)36(50)43-32(21-28-13-11-10-12-14-28)33(49)24-47(22-29-15-17-31(55-8)18-16-29)45-37(51)35(41(5,6)7)44-39(52)53/h10-18,25-27,32-35,44,49H,9,19-24H2,1-8H3,(H,43,50)(H,45,51)(H,52,53)/t27-,32-,33-,34-,35+/m0/s1. The molecule has 0 unspecified atom stereocenters. The molecule has 1 aliphatic rings. The molecule has 5 N–H and O–H groups in total. The third-order valence-electron chi connectivity index (χ3n) is 10.0. The minimum absolute atomic E-state index is 0.129. The van der Waals surface area contributed by atoms with Gasteiger partial charge in [-0.3, -0.25) is 15.0 Å². The van der Waals surface area contributed by atoms with Gasteiger partial charge in [0.2, 0.25) is 5.91 Å². The third-order valence-corrected chi connectivity index (χ3v) is 11.2. The Labute approximate surface area is 334 Å². The Morgan fingerprint density at radius 3 is 2.23 bits per heavy atom. The van der Waals surface area contributed by atoms with E-state index in [1.54, 1.807) is 61.2 Å². The Bertz CT molecular complexity index is 1750. The number of aliphatic hydroxyl groups excluding tert-OH is 1. The number of benzene rings is 2. The Balaban J connectivity index is 1.60. The van der Waals surface area contributed by atoms with Crippen LogP contribution in [0.4, 0.5) is 9.59 Å². The summed E-state index contributed by atoms with van der Waals surface area (Å²) in [6, 6.07) is 13.7. The van der Waals surface area contributed by atoms with Crippen molar-refractivity contribution in [2.45, 2.75) is 105 Å². The van der Waals surface area contributed by atoms with Crippen molar-refractivity contribution in [3.63, 3.8) is 0 Å². The third kappa shape index (κ3) is 12.1. The molecule has 56 heavy (non-hydrogen) atoms. The highest BCUT2D eigenvalue weighted by atomic mass is 32.1. The summed E-state index contributed by atoms with van der Waals surface area (Å²) < 4.78 is 5.31. The van der Waals surface area contributed by atoms with Gasteiger partial charge in [0.05, 0.1) is 36.5 Å². The average Bonchev–Trinajstić information content (AvgIpc) is 3.77. The minimum Gasteiger partial charge on any atom is -0.497 e. The van der Waals surface area contributed by atoms with E-state index in [4.69, 9.17) is 9.72 Å². The molecule has 0 aliphatic carbocycles. The second kappa shape index (κ2) is 19.9. The molecule has 1 fully saturated rings. The molecule has 306 valence electrons. The van der Waals surface area contributed by atoms with Crippen LogP contribution < -0.4 is 20.8 Å². The predicted octanol–water partition coefficient (Wildman–Crippen LogP) is 5.23. The average molecular weight is 794 g/mol. The van der Waals surface area contributed by atoms with Crippen molar-refractivity contribution in [3.8, 4) is 5.75 Å². The van der Waals surface area contributed by atoms with E-state index in [1.807, 2.05) is 61.7 Å². The normalized spacial score (nSPS) is 16.0. The van der Waals surface area contributed by atoms with Crippen LogP contribution in [0.1, 0.15) is 82.6 Å². The number of rotatable bonds is 19. The summed E-state index contributed by atoms with van der Waals surface area (Å²) in [7, 11) is 1.56. The van der Waals surface area contributed by atoms with Crippen LogP contribution in [-0.2, 0) is 29.1 Å². The summed E-state index contributed by atoms with van der Waals surface area (Å²) in [5.74, 6) is -0.238. The predicted molar refractivity (Wildman–Crippen MR) is 216 cm³/mol. The lowest BCUT2D eigenvalue weighted by molar-refractivity contribution is -0.132. The van der Waals surface area contributed by atoms with E-state index in [1.165, 1.54) is 5.01 Å². The van der Waals surface area contributed by atoms with Crippen LogP contribution in [-0.4, -0.2) is 105 Å². The second-order valence-corrected chi connectivity index (χ2v) is 16.8. The van der Waals surface area contributed by atoms with Gasteiger partial charge in [0.1, 0.15) is 17.8 Å². The molecule has 5 atom stereocenters. The highest BCUT2D eigenvalue weighted by Crippen LogP contribution is 2.25. The number of aromatic nitrogens is 1. The summed E-state index contributed by atoms with van der Waals surface area (Å²) >= 11 is 1.58. The molecule has 4 rings (SSSR count). The fourth-order valence-corrected chi connectivity index (χ4v) is 7.51. The maximum Gasteiger partial charge on any atom is 0.405 e. The minimum atomic E-state index is -1.34. The van der Waals surface area contributed by atoms with Crippen LogP contribution in [0.25, 0.3) is 0 Å². The van der Waals surface area contributed by atoms with Gasteiger partial charge in [-0.1, -0.05) is 97.4 Å². The Morgan fingerprint density at radius 2 is 1.66 bits per heavy atom. The number of hydrogen-bond donors (Lipinski definition) is 5. The molecule has 1 saturated heterocycles. The topological polar surface area (TPSA) is 177 Å². The summed E-state index contributed by atoms with van der Waals surface area (Å²) in [5.41, 5.74) is 4.54. The van der Waals surface area contributed by atoms with Crippen LogP contribution in [0.15, 0.2) is 60.0 Å². The van der Waals surface area contributed by atoms with Crippen molar-refractivity contribution in [1.82, 2.24) is 35.9 Å².